The number of anilines is 3. The number of fused-ring (bicyclic) bond motifs is 3. The van der Waals surface area contributed by atoms with Crippen molar-refractivity contribution in [2.24, 2.45) is 0 Å². The highest BCUT2D eigenvalue weighted by Crippen LogP contribution is 2.43. The summed E-state index contributed by atoms with van der Waals surface area (Å²) in [7, 11) is 0. The highest BCUT2D eigenvalue weighted by Gasteiger charge is 2.20. The molecule has 5 rings (SSSR count). The molecule has 0 N–H and O–H groups in total. The van der Waals surface area contributed by atoms with Gasteiger partial charge in [-0.1, -0.05) is 35.9 Å². The molecule has 0 aliphatic rings. The van der Waals surface area contributed by atoms with Crippen LogP contribution in [0.15, 0.2) is 83.3 Å². The number of furan rings is 1. The van der Waals surface area contributed by atoms with Crippen molar-refractivity contribution in [1.29, 1.82) is 0 Å². The van der Waals surface area contributed by atoms with E-state index in [1.807, 2.05) is 61.5 Å². The van der Waals surface area contributed by atoms with Gasteiger partial charge in [0.25, 0.3) is 0 Å². The van der Waals surface area contributed by atoms with Crippen molar-refractivity contribution in [3.05, 3.63) is 101 Å². The van der Waals surface area contributed by atoms with Gasteiger partial charge < -0.3 is 9.32 Å². The van der Waals surface area contributed by atoms with Crippen molar-refractivity contribution in [3.63, 3.8) is 0 Å². The summed E-state index contributed by atoms with van der Waals surface area (Å²) < 4.78 is 20.2. The Kier molecular flexibility index (Phi) is 4.48. The van der Waals surface area contributed by atoms with Gasteiger partial charge in [0.15, 0.2) is 0 Å². The molecule has 0 saturated heterocycles. The van der Waals surface area contributed by atoms with Crippen LogP contribution in [0.4, 0.5) is 21.5 Å². The molecule has 0 bridgehead atoms. The zero-order chi connectivity index (χ0) is 20.8. The average molecular weight is 416 g/mol. The fourth-order valence-corrected chi connectivity index (χ4v) is 4.33. The van der Waals surface area contributed by atoms with Gasteiger partial charge in [-0.3, -0.25) is 0 Å². The lowest BCUT2D eigenvalue weighted by molar-refractivity contribution is 0.628. The third-order valence-electron chi connectivity index (χ3n) is 5.41. The summed E-state index contributed by atoms with van der Waals surface area (Å²) in [6, 6.07) is 24.5. The predicted molar refractivity (Wildman–Crippen MR) is 123 cm³/mol. The van der Waals surface area contributed by atoms with E-state index in [0.717, 1.165) is 50.1 Å². The highest BCUT2D eigenvalue weighted by atomic mass is 35.5. The van der Waals surface area contributed by atoms with Gasteiger partial charge in [-0.15, -0.1) is 0 Å². The number of benzene rings is 4. The van der Waals surface area contributed by atoms with Gasteiger partial charge in [-0.25, -0.2) is 4.39 Å². The molecule has 0 aliphatic carbocycles. The van der Waals surface area contributed by atoms with Crippen LogP contribution in [0.3, 0.4) is 0 Å². The molecule has 148 valence electrons. The SMILES string of the molecule is Cc1cccc(N(c2cccc(F)c2)c2ccc3oc4cccc(Cl)c4c3c2C)c1. The lowest BCUT2D eigenvalue weighted by Crippen LogP contribution is -2.11. The fourth-order valence-electron chi connectivity index (χ4n) is 4.07. The Morgan fingerprint density at radius 1 is 0.767 bits per heavy atom. The van der Waals surface area contributed by atoms with Gasteiger partial charge in [0.05, 0.1) is 5.02 Å². The van der Waals surface area contributed by atoms with Crippen LogP contribution < -0.4 is 4.90 Å². The average Bonchev–Trinajstić information content (AvgIpc) is 3.11. The first kappa shape index (κ1) is 18.7. The third-order valence-corrected chi connectivity index (χ3v) is 5.73. The maximum absolute atomic E-state index is 14.1. The number of hydrogen-bond acceptors (Lipinski definition) is 2. The van der Waals surface area contributed by atoms with Crippen molar-refractivity contribution in [2.45, 2.75) is 13.8 Å². The fraction of sp³-hybridized carbons (Fsp3) is 0.0769. The molecule has 0 radical (unpaired) electrons. The van der Waals surface area contributed by atoms with E-state index in [1.54, 1.807) is 12.1 Å². The normalized spacial score (nSPS) is 11.3. The van der Waals surface area contributed by atoms with Crippen molar-refractivity contribution in [2.75, 3.05) is 4.90 Å². The Hall–Kier alpha value is -3.30. The molecule has 30 heavy (non-hydrogen) atoms. The summed E-state index contributed by atoms with van der Waals surface area (Å²) >= 11 is 6.53. The van der Waals surface area contributed by atoms with Gasteiger partial charge in [0.1, 0.15) is 17.0 Å². The molecule has 4 aromatic carbocycles. The van der Waals surface area contributed by atoms with Crippen LogP contribution in [0.5, 0.6) is 0 Å². The maximum Gasteiger partial charge on any atom is 0.136 e. The maximum atomic E-state index is 14.1. The number of rotatable bonds is 3. The molecule has 2 nitrogen and oxygen atoms in total. The molecule has 0 atom stereocenters. The standard InChI is InChI=1S/C26H19ClFNO/c1-16-6-3-8-19(14-16)29(20-9-4-7-18(28)15-20)22-12-13-24-25(17(22)2)26-21(27)10-5-11-23(26)30-24/h3-15H,1-2H3. The lowest BCUT2D eigenvalue weighted by atomic mass is 10.0. The van der Waals surface area contributed by atoms with E-state index in [4.69, 9.17) is 16.0 Å². The number of hydrogen-bond donors (Lipinski definition) is 0. The van der Waals surface area contributed by atoms with Crippen molar-refractivity contribution >= 4 is 50.6 Å². The lowest BCUT2D eigenvalue weighted by Gasteiger charge is -2.27. The van der Waals surface area contributed by atoms with Crippen LogP contribution in [0.2, 0.25) is 5.02 Å². The van der Waals surface area contributed by atoms with Crippen LogP contribution in [0.1, 0.15) is 11.1 Å². The summed E-state index contributed by atoms with van der Waals surface area (Å²) in [5.74, 6) is -0.277. The predicted octanol–water partition coefficient (Wildman–Crippen LogP) is 8.47. The smallest absolute Gasteiger partial charge is 0.136 e. The van der Waals surface area contributed by atoms with Gasteiger partial charge in [0, 0.05) is 27.8 Å². The van der Waals surface area contributed by atoms with E-state index in [1.165, 1.54) is 6.07 Å². The zero-order valence-electron chi connectivity index (χ0n) is 16.6. The second-order valence-electron chi connectivity index (χ2n) is 7.45. The first-order valence-corrected chi connectivity index (χ1v) is 10.1. The highest BCUT2D eigenvalue weighted by molar-refractivity contribution is 6.38. The largest absolute Gasteiger partial charge is 0.456 e. The minimum absolute atomic E-state index is 0.277. The Morgan fingerprint density at radius 2 is 1.47 bits per heavy atom. The van der Waals surface area contributed by atoms with E-state index in [2.05, 4.69) is 17.9 Å². The number of halogens is 2. The minimum atomic E-state index is -0.277. The van der Waals surface area contributed by atoms with Gasteiger partial charge in [-0.2, -0.15) is 0 Å². The molecule has 4 heteroatoms. The second kappa shape index (κ2) is 7.19. The summed E-state index contributed by atoms with van der Waals surface area (Å²) in [5, 5.41) is 2.53. The Morgan fingerprint density at radius 3 is 2.23 bits per heavy atom. The quantitative estimate of drug-likeness (QED) is 0.294. The summed E-state index contributed by atoms with van der Waals surface area (Å²) in [6.45, 7) is 4.10. The summed E-state index contributed by atoms with van der Waals surface area (Å²) in [4.78, 5) is 2.07. The van der Waals surface area contributed by atoms with E-state index in [-0.39, 0.29) is 5.82 Å². The van der Waals surface area contributed by atoms with Crippen LogP contribution in [0, 0.1) is 19.7 Å². The zero-order valence-corrected chi connectivity index (χ0v) is 17.4. The van der Waals surface area contributed by atoms with Crippen LogP contribution >= 0.6 is 11.6 Å². The number of nitrogens with zero attached hydrogens (tertiary/aromatic N) is 1. The second-order valence-corrected chi connectivity index (χ2v) is 7.86. The molecule has 0 fully saturated rings. The molecule has 0 spiro atoms. The van der Waals surface area contributed by atoms with E-state index < -0.39 is 0 Å². The van der Waals surface area contributed by atoms with Crippen molar-refractivity contribution < 1.29 is 8.81 Å². The van der Waals surface area contributed by atoms with E-state index in [9.17, 15) is 4.39 Å². The summed E-state index contributed by atoms with van der Waals surface area (Å²) in [6.07, 6.45) is 0. The molecule has 1 heterocycles. The third kappa shape index (κ3) is 3.03. The molecule has 0 unspecified atom stereocenters. The molecular weight excluding hydrogens is 397 g/mol. The van der Waals surface area contributed by atoms with Gasteiger partial charge >= 0.3 is 0 Å². The molecule has 0 aliphatic heterocycles. The van der Waals surface area contributed by atoms with Crippen LogP contribution in [-0.4, -0.2) is 0 Å². The molecule has 0 saturated carbocycles. The van der Waals surface area contributed by atoms with Gasteiger partial charge in [0.2, 0.25) is 0 Å². The number of aryl methyl sites for hydroxylation is 2. The van der Waals surface area contributed by atoms with E-state index in [0.29, 0.717) is 5.02 Å². The Bertz CT molecular complexity index is 1360. The van der Waals surface area contributed by atoms with Crippen LogP contribution in [0.25, 0.3) is 21.9 Å². The topological polar surface area (TPSA) is 16.4 Å². The first-order valence-electron chi connectivity index (χ1n) is 9.75. The van der Waals surface area contributed by atoms with E-state index >= 15 is 0 Å². The molecule has 1 aromatic heterocycles. The first-order chi connectivity index (χ1) is 14.5. The molecule has 5 aromatic rings. The van der Waals surface area contributed by atoms with Crippen molar-refractivity contribution in [1.82, 2.24) is 0 Å². The van der Waals surface area contributed by atoms with Crippen LogP contribution in [-0.2, 0) is 0 Å². The molecular formula is C26H19ClFNO. The summed E-state index contributed by atoms with van der Waals surface area (Å²) in [5.41, 5.74) is 6.34. The Labute approximate surface area is 179 Å². The minimum Gasteiger partial charge on any atom is -0.456 e. The van der Waals surface area contributed by atoms with Gasteiger partial charge in [-0.05, 0) is 79.6 Å². The molecule has 0 amide bonds. The monoisotopic (exact) mass is 415 g/mol. The Balaban J connectivity index is 1.83. The van der Waals surface area contributed by atoms with Crippen molar-refractivity contribution in [3.8, 4) is 0 Å².